The highest BCUT2D eigenvalue weighted by atomic mass is 32.1. The first-order chi connectivity index (χ1) is 15.1. The Morgan fingerprint density at radius 1 is 1.19 bits per heavy atom. The molecule has 9 heteroatoms. The fraction of sp³-hybridized carbons (Fsp3) is 0.636. The largest absolute Gasteiger partial charge is 0.418 e. The van der Waals surface area contributed by atoms with Gasteiger partial charge in [-0.2, -0.15) is 0 Å². The minimum atomic E-state index is 0.0713. The standard InChI is InChI=1S/C22H31N5O3S/c1-2-9-27(15-19-23-24-21(30-19)18-6-5-14-31-18)20(28)16-25-12-7-17(8-13-25)22(29)26-10-3-4-11-26/h5-6,14,17H,2-4,7-13,15-16H2,1H3. The molecule has 0 aliphatic carbocycles. The zero-order valence-electron chi connectivity index (χ0n) is 18.2. The van der Waals surface area contributed by atoms with Crippen LogP contribution < -0.4 is 0 Å². The molecule has 0 spiro atoms. The molecule has 0 unspecified atom stereocenters. The molecule has 0 aromatic carbocycles. The third-order valence-corrected chi connectivity index (χ3v) is 6.94. The van der Waals surface area contributed by atoms with E-state index in [0.29, 0.717) is 37.3 Å². The van der Waals surface area contributed by atoms with Crippen molar-refractivity contribution in [3.8, 4) is 10.8 Å². The number of carbonyl (C=O) groups is 2. The van der Waals surface area contributed by atoms with Gasteiger partial charge >= 0.3 is 0 Å². The van der Waals surface area contributed by atoms with E-state index in [1.807, 2.05) is 22.4 Å². The van der Waals surface area contributed by atoms with Gasteiger partial charge in [0.2, 0.25) is 17.7 Å². The van der Waals surface area contributed by atoms with Crippen LogP contribution in [0.5, 0.6) is 0 Å². The van der Waals surface area contributed by atoms with Gasteiger partial charge in [-0.25, -0.2) is 0 Å². The predicted molar refractivity (Wildman–Crippen MR) is 118 cm³/mol. The summed E-state index contributed by atoms with van der Waals surface area (Å²) in [6.45, 7) is 6.81. The summed E-state index contributed by atoms with van der Waals surface area (Å²) >= 11 is 1.55. The maximum absolute atomic E-state index is 13.0. The molecule has 2 aliphatic rings. The van der Waals surface area contributed by atoms with Crippen LogP contribution >= 0.6 is 11.3 Å². The van der Waals surface area contributed by atoms with Crippen LogP contribution in [0.3, 0.4) is 0 Å². The number of likely N-dealkylation sites (tertiary alicyclic amines) is 2. The van der Waals surface area contributed by atoms with Gasteiger partial charge in [0, 0.05) is 25.6 Å². The van der Waals surface area contributed by atoms with Gasteiger partial charge in [0.25, 0.3) is 5.89 Å². The highest BCUT2D eigenvalue weighted by molar-refractivity contribution is 7.13. The van der Waals surface area contributed by atoms with Crippen molar-refractivity contribution < 1.29 is 14.0 Å². The normalized spacial score (nSPS) is 17.9. The highest BCUT2D eigenvalue weighted by Crippen LogP contribution is 2.24. The Balaban J connectivity index is 1.28. The van der Waals surface area contributed by atoms with E-state index in [0.717, 1.165) is 63.2 Å². The number of amides is 2. The smallest absolute Gasteiger partial charge is 0.257 e. The van der Waals surface area contributed by atoms with Gasteiger partial charge in [0.05, 0.1) is 18.0 Å². The summed E-state index contributed by atoms with van der Waals surface area (Å²) < 4.78 is 5.77. The summed E-state index contributed by atoms with van der Waals surface area (Å²) in [4.78, 5) is 32.5. The van der Waals surface area contributed by atoms with Gasteiger partial charge in [-0.1, -0.05) is 13.0 Å². The molecule has 8 nitrogen and oxygen atoms in total. The Labute approximate surface area is 187 Å². The Morgan fingerprint density at radius 2 is 1.97 bits per heavy atom. The average Bonchev–Trinajstić information content (AvgIpc) is 3.56. The van der Waals surface area contributed by atoms with Gasteiger partial charge in [-0.15, -0.1) is 21.5 Å². The molecule has 2 fully saturated rings. The number of hydrogen-bond donors (Lipinski definition) is 0. The van der Waals surface area contributed by atoms with Gasteiger partial charge in [0.1, 0.15) is 0 Å². The molecule has 0 saturated carbocycles. The molecule has 0 atom stereocenters. The molecular weight excluding hydrogens is 414 g/mol. The first kappa shape index (κ1) is 22.0. The Morgan fingerprint density at radius 3 is 2.65 bits per heavy atom. The summed E-state index contributed by atoms with van der Waals surface area (Å²) in [6, 6.07) is 3.88. The molecule has 31 heavy (non-hydrogen) atoms. The van der Waals surface area contributed by atoms with Crippen molar-refractivity contribution in [1.29, 1.82) is 0 Å². The van der Waals surface area contributed by atoms with Crippen molar-refractivity contribution in [3.05, 3.63) is 23.4 Å². The second-order valence-electron chi connectivity index (χ2n) is 8.38. The van der Waals surface area contributed by atoms with E-state index < -0.39 is 0 Å². The Hall–Kier alpha value is -2.26. The lowest BCUT2D eigenvalue weighted by Crippen LogP contribution is -2.46. The van der Waals surface area contributed by atoms with Crippen LogP contribution in [0.2, 0.25) is 0 Å². The SMILES string of the molecule is CCCN(Cc1nnc(-c2cccs2)o1)C(=O)CN1CCC(C(=O)N2CCCC2)CC1. The molecule has 2 aromatic rings. The number of thiophene rings is 1. The molecule has 0 bridgehead atoms. The van der Waals surface area contributed by atoms with Crippen LogP contribution in [0.1, 0.15) is 44.9 Å². The van der Waals surface area contributed by atoms with Crippen LogP contribution in [0.15, 0.2) is 21.9 Å². The van der Waals surface area contributed by atoms with Crippen molar-refractivity contribution in [2.45, 2.75) is 45.6 Å². The number of aromatic nitrogens is 2. The first-order valence-corrected chi connectivity index (χ1v) is 12.2. The monoisotopic (exact) mass is 445 g/mol. The Bertz CT molecular complexity index is 854. The molecule has 2 aliphatic heterocycles. The molecule has 2 saturated heterocycles. The zero-order chi connectivity index (χ0) is 21.6. The van der Waals surface area contributed by atoms with Crippen LogP contribution in [0.4, 0.5) is 0 Å². The van der Waals surface area contributed by atoms with E-state index in [-0.39, 0.29) is 11.8 Å². The maximum Gasteiger partial charge on any atom is 0.257 e. The summed E-state index contributed by atoms with van der Waals surface area (Å²) in [5.74, 6) is 1.46. The van der Waals surface area contributed by atoms with Crippen molar-refractivity contribution in [3.63, 3.8) is 0 Å². The van der Waals surface area contributed by atoms with Gasteiger partial charge in [-0.3, -0.25) is 14.5 Å². The molecule has 2 aromatic heterocycles. The average molecular weight is 446 g/mol. The molecule has 0 N–H and O–H groups in total. The minimum Gasteiger partial charge on any atom is -0.418 e. The fourth-order valence-electron chi connectivity index (χ4n) is 4.37. The van der Waals surface area contributed by atoms with Crippen LogP contribution in [-0.4, -0.2) is 76.0 Å². The van der Waals surface area contributed by atoms with Crippen molar-refractivity contribution in [2.24, 2.45) is 5.92 Å². The first-order valence-electron chi connectivity index (χ1n) is 11.3. The van der Waals surface area contributed by atoms with Crippen molar-refractivity contribution in [1.82, 2.24) is 24.9 Å². The van der Waals surface area contributed by atoms with E-state index in [4.69, 9.17) is 4.42 Å². The lowest BCUT2D eigenvalue weighted by molar-refractivity contribution is -0.136. The number of rotatable bonds is 8. The lowest BCUT2D eigenvalue weighted by atomic mass is 9.95. The highest BCUT2D eigenvalue weighted by Gasteiger charge is 2.31. The second-order valence-corrected chi connectivity index (χ2v) is 9.32. The summed E-state index contributed by atoms with van der Waals surface area (Å²) in [7, 11) is 0. The third-order valence-electron chi connectivity index (χ3n) is 6.08. The summed E-state index contributed by atoms with van der Waals surface area (Å²) in [5, 5.41) is 10.2. The van der Waals surface area contributed by atoms with Crippen LogP contribution in [-0.2, 0) is 16.1 Å². The van der Waals surface area contributed by atoms with Crippen molar-refractivity contribution in [2.75, 3.05) is 39.3 Å². The summed E-state index contributed by atoms with van der Waals surface area (Å²) in [5.41, 5.74) is 0. The number of nitrogens with zero attached hydrogens (tertiary/aromatic N) is 5. The molecule has 0 radical (unpaired) electrons. The second kappa shape index (κ2) is 10.4. The van der Waals surface area contributed by atoms with E-state index in [1.54, 1.807) is 16.2 Å². The number of piperidine rings is 1. The van der Waals surface area contributed by atoms with E-state index in [2.05, 4.69) is 22.0 Å². The van der Waals surface area contributed by atoms with Gasteiger partial charge < -0.3 is 14.2 Å². The predicted octanol–water partition coefficient (Wildman–Crippen LogP) is 2.87. The molecule has 4 rings (SSSR count). The van der Waals surface area contributed by atoms with Crippen LogP contribution in [0, 0.1) is 5.92 Å². The minimum absolute atomic E-state index is 0.0713. The lowest BCUT2D eigenvalue weighted by Gasteiger charge is -2.33. The molecule has 2 amide bonds. The van der Waals surface area contributed by atoms with E-state index >= 15 is 0 Å². The topological polar surface area (TPSA) is 82.8 Å². The maximum atomic E-state index is 13.0. The fourth-order valence-corrected chi connectivity index (χ4v) is 5.01. The number of hydrogen-bond acceptors (Lipinski definition) is 7. The van der Waals surface area contributed by atoms with Gasteiger partial charge in [-0.05, 0) is 56.6 Å². The number of carbonyl (C=O) groups excluding carboxylic acids is 2. The van der Waals surface area contributed by atoms with Crippen molar-refractivity contribution >= 4 is 23.2 Å². The Kier molecular flexibility index (Phi) is 7.34. The van der Waals surface area contributed by atoms with E-state index in [1.165, 1.54) is 0 Å². The third kappa shape index (κ3) is 5.51. The molecule has 4 heterocycles. The van der Waals surface area contributed by atoms with Gasteiger partial charge in [0.15, 0.2) is 0 Å². The quantitative estimate of drug-likeness (QED) is 0.621. The van der Waals surface area contributed by atoms with Crippen LogP contribution in [0.25, 0.3) is 10.8 Å². The zero-order valence-corrected chi connectivity index (χ0v) is 19.0. The molecular formula is C22H31N5O3S. The molecule has 168 valence electrons. The van der Waals surface area contributed by atoms with E-state index in [9.17, 15) is 9.59 Å². The summed E-state index contributed by atoms with van der Waals surface area (Å²) in [6.07, 6.45) is 4.79.